The van der Waals surface area contributed by atoms with Crippen LogP contribution in [-0.2, 0) is 4.79 Å². The zero-order chi connectivity index (χ0) is 14.4. The van der Waals surface area contributed by atoms with Gasteiger partial charge in [-0.1, -0.05) is 26.7 Å². The van der Waals surface area contributed by atoms with Gasteiger partial charge in [-0.05, 0) is 45.3 Å². The van der Waals surface area contributed by atoms with Gasteiger partial charge in [0.05, 0.1) is 0 Å². The normalized spacial score (nSPS) is 25.6. The number of carbonyl (C=O) groups excluding carboxylic acids is 1. The predicted molar refractivity (Wildman–Crippen MR) is 79.8 cm³/mol. The lowest BCUT2D eigenvalue weighted by molar-refractivity contribution is -0.127. The molecule has 0 aromatic heterocycles. The molecule has 1 aliphatic rings. The summed E-state index contributed by atoms with van der Waals surface area (Å²) < 4.78 is 0. The van der Waals surface area contributed by atoms with E-state index in [2.05, 4.69) is 38.2 Å². The van der Waals surface area contributed by atoms with Gasteiger partial charge in [0.25, 0.3) is 0 Å². The molecule has 0 aromatic rings. The van der Waals surface area contributed by atoms with Crippen LogP contribution >= 0.6 is 0 Å². The monoisotopic (exact) mass is 269 g/mol. The summed E-state index contributed by atoms with van der Waals surface area (Å²) in [5, 5.41) is 3.14. The van der Waals surface area contributed by atoms with Gasteiger partial charge in [0.2, 0.25) is 5.91 Å². The summed E-state index contributed by atoms with van der Waals surface area (Å²) in [5.74, 6) is 1.26. The molecule has 0 aromatic carbocycles. The third-order valence-corrected chi connectivity index (χ3v) is 4.47. The first kappa shape index (κ1) is 16.4. The average molecular weight is 269 g/mol. The maximum Gasteiger partial charge on any atom is 0.223 e. The van der Waals surface area contributed by atoms with Crippen LogP contribution in [0.2, 0.25) is 0 Å². The van der Waals surface area contributed by atoms with Crippen molar-refractivity contribution >= 4 is 5.91 Å². The van der Waals surface area contributed by atoms with Crippen LogP contribution in [0, 0.1) is 17.8 Å². The van der Waals surface area contributed by atoms with Crippen LogP contribution in [0.4, 0.5) is 0 Å². The van der Waals surface area contributed by atoms with Crippen LogP contribution in [-0.4, -0.2) is 44.0 Å². The van der Waals surface area contributed by atoms with Gasteiger partial charge in [0.1, 0.15) is 0 Å². The molecule has 19 heavy (non-hydrogen) atoms. The highest BCUT2D eigenvalue weighted by atomic mass is 16.1. The largest absolute Gasteiger partial charge is 0.354 e. The van der Waals surface area contributed by atoms with Crippen molar-refractivity contribution in [3.05, 3.63) is 0 Å². The Morgan fingerprint density at radius 3 is 2.47 bits per heavy atom. The fourth-order valence-electron chi connectivity index (χ4n) is 3.19. The van der Waals surface area contributed by atoms with Crippen LogP contribution in [0.1, 0.15) is 39.5 Å². The lowest BCUT2D eigenvalue weighted by Gasteiger charge is -2.32. The summed E-state index contributed by atoms with van der Waals surface area (Å²) >= 11 is 0. The molecular weight excluding hydrogens is 238 g/mol. The Labute approximate surface area is 118 Å². The minimum atomic E-state index is 0.133. The maximum absolute atomic E-state index is 12.3. The van der Waals surface area contributed by atoms with Crippen molar-refractivity contribution in [2.45, 2.75) is 45.6 Å². The summed E-state index contributed by atoms with van der Waals surface area (Å²) in [5.41, 5.74) is 5.80. The summed E-state index contributed by atoms with van der Waals surface area (Å²) in [7, 11) is 4.14. The molecule has 1 amide bonds. The van der Waals surface area contributed by atoms with Gasteiger partial charge in [-0.25, -0.2) is 0 Å². The van der Waals surface area contributed by atoms with E-state index in [1.165, 1.54) is 6.42 Å². The molecule has 0 heterocycles. The molecule has 1 rings (SSSR count). The SMILES string of the molecule is CC(C)C(CNC(=O)C1CCCCC1CN)N(C)C. The van der Waals surface area contributed by atoms with Gasteiger partial charge >= 0.3 is 0 Å². The summed E-state index contributed by atoms with van der Waals surface area (Å²) in [6.45, 7) is 5.76. The van der Waals surface area contributed by atoms with E-state index in [0.717, 1.165) is 25.8 Å². The van der Waals surface area contributed by atoms with Crippen molar-refractivity contribution in [3.8, 4) is 0 Å². The number of nitrogens with two attached hydrogens (primary N) is 1. The van der Waals surface area contributed by atoms with Gasteiger partial charge < -0.3 is 16.0 Å². The van der Waals surface area contributed by atoms with Crippen LogP contribution in [0.5, 0.6) is 0 Å². The molecule has 112 valence electrons. The van der Waals surface area contributed by atoms with Crippen molar-refractivity contribution in [3.63, 3.8) is 0 Å². The second-order valence-corrected chi connectivity index (χ2v) is 6.41. The minimum Gasteiger partial charge on any atom is -0.354 e. The number of hydrogen-bond donors (Lipinski definition) is 2. The molecule has 0 aliphatic heterocycles. The van der Waals surface area contributed by atoms with Crippen LogP contribution in [0.3, 0.4) is 0 Å². The number of amides is 1. The van der Waals surface area contributed by atoms with Crippen LogP contribution < -0.4 is 11.1 Å². The molecule has 3 atom stereocenters. The first-order chi connectivity index (χ1) is 8.97. The summed E-state index contributed by atoms with van der Waals surface area (Å²) in [6.07, 6.45) is 4.49. The third-order valence-electron chi connectivity index (χ3n) is 4.47. The standard InChI is InChI=1S/C15H31N3O/c1-11(2)14(18(3)4)10-17-15(19)13-8-6-5-7-12(13)9-16/h11-14H,5-10,16H2,1-4H3,(H,17,19). The van der Waals surface area contributed by atoms with E-state index in [1.54, 1.807) is 0 Å². The molecule has 0 saturated heterocycles. The van der Waals surface area contributed by atoms with E-state index in [-0.39, 0.29) is 11.8 Å². The second-order valence-electron chi connectivity index (χ2n) is 6.41. The molecule has 1 aliphatic carbocycles. The molecule has 0 bridgehead atoms. The molecule has 3 N–H and O–H groups in total. The number of rotatable bonds is 6. The predicted octanol–water partition coefficient (Wildman–Crippen LogP) is 1.45. The molecule has 3 unspecified atom stereocenters. The lowest BCUT2D eigenvalue weighted by atomic mass is 9.78. The Bertz CT molecular complexity index is 271. The Hall–Kier alpha value is -0.610. The van der Waals surface area contributed by atoms with Gasteiger partial charge in [0.15, 0.2) is 0 Å². The molecule has 0 radical (unpaired) electrons. The fourth-order valence-corrected chi connectivity index (χ4v) is 3.19. The van der Waals surface area contributed by atoms with E-state index in [1.807, 2.05) is 0 Å². The molecular formula is C15H31N3O. The second kappa shape index (κ2) is 7.85. The Balaban J connectivity index is 2.49. The van der Waals surface area contributed by atoms with Gasteiger partial charge in [-0.2, -0.15) is 0 Å². The quantitative estimate of drug-likeness (QED) is 0.767. The number of hydrogen-bond acceptors (Lipinski definition) is 3. The lowest BCUT2D eigenvalue weighted by Crippen LogP contribution is -2.47. The molecule has 0 spiro atoms. The molecule has 4 nitrogen and oxygen atoms in total. The highest BCUT2D eigenvalue weighted by molar-refractivity contribution is 5.79. The van der Waals surface area contributed by atoms with E-state index in [0.29, 0.717) is 24.4 Å². The van der Waals surface area contributed by atoms with Crippen molar-refractivity contribution in [1.29, 1.82) is 0 Å². The van der Waals surface area contributed by atoms with Crippen molar-refractivity contribution in [1.82, 2.24) is 10.2 Å². The number of nitrogens with zero attached hydrogens (tertiary/aromatic N) is 1. The Kier molecular flexibility index (Phi) is 6.80. The highest BCUT2D eigenvalue weighted by Gasteiger charge is 2.30. The third kappa shape index (κ3) is 4.77. The smallest absolute Gasteiger partial charge is 0.223 e. The number of carbonyl (C=O) groups is 1. The molecule has 1 fully saturated rings. The molecule has 1 saturated carbocycles. The van der Waals surface area contributed by atoms with E-state index in [9.17, 15) is 4.79 Å². The number of likely N-dealkylation sites (N-methyl/N-ethyl adjacent to an activating group) is 1. The van der Waals surface area contributed by atoms with Gasteiger partial charge in [-0.15, -0.1) is 0 Å². The van der Waals surface area contributed by atoms with Crippen molar-refractivity contribution in [2.24, 2.45) is 23.5 Å². The van der Waals surface area contributed by atoms with Crippen LogP contribution in [0.15, 0.2) is 0 Å². The first-order valence-electron chi connectivity index (χ1n) is 7.61. The average Bonchev–Trinajstić information content (AvgIpc) is 2.37. The highest BCUT2D eigenvalue weighted by Crippen LogP contribution is 2.29. The Morgan fingerprint density at radius 2 is 1.95 bits per heavy atom. The van der Waals surface area contributed by atoms with Gasteiger partial charge in [-0.3, -0.25) is 4.79 Å². The van der Waals surface area contributed by atoms with Crippen molar-refractivity contribution in [2.75, 3.05) is 27.2 Å². The fraction of sp³-hybridized carbons (Fsp3) is 0.933. The first-order valence-corrected chi connectivity index (χ1v) is 7.61. The van der Waals surface area contributed by atoms with Crippen molar-refractivity contribution < 1.29 is 4.79 Å². The maximum atomic E-state index is 12.3. The zero-order valence-electron chi connectivity index (χ0n) is 13.0. The summed E-state index contributed by atoms with van der Waals surface area (Å²) in [4.78, 5) is 14.5. The van der Waals surface area contributed by atoms with Crippen LogP contribution in [0.25, 0.3) is 0 Å². The zero-order valence-corrected chi connectivity index (χ0v) is 13.0. The summed E-state index contributed by atoms with van der Waals surface area (Å²) in [6, 6.07) is 0.392. The Morgan fingerprint density at radius 1 is 1.32 bits per heavy atom. The topological polar surface area (TPSA) is 58.4 Å². The van der Waals surface area contributed by atoms with E-state index < -0.39 is 0 Å². The number of nitrogens with one attached hydrogen (secondary N) is 1. The van der Waals surface area contributed by atoms with E-state index >= 15 is 0 Å². The molecule has 4 heteroatoms. The van der Waals surface area contributed by atoms with E-state index in [4.69, 9.17) is 5.73 Å². The minimum absolute atomic E-state index is 0.133. The van der Waals surface area contributed by atoms with Gasteiger partial charge in [0, 0.05) is 18.5 Å².